The van der Waals surface area contributed by atoms with E-state index in [0.29, 0.717) is 0 Å². The summed E-state index contributed by atoms with van der Waals surface area (Å²) < 4.78 is 19.2. The minimum Gasteiger partial charge on any atom is -0.504 e. The van der Waals surface area contributed by atoms with E-state index in [4.69, 9.17) is 13.6 Å². The molecule has 0 aliphatic heterocycles. The van der Waals surface area contributed by atoms with Gasteiger partial charge in [-0.1, -0.05) is 6.07 Å². The van der Waals surface area contributed by atoms with Crippen molar-refractivity contribution in [2.75, 3.05) is 7.11 Å². The van der Waals surface area contributed by atoms with Crippen LogP contribution in [0.3, 0.4) is 0 Å². The van der Waals surface area contributed by atoms with Crippen LogP contribution in [0.15, 0.2) is 18.2 Å². The van der Waals surface area contributed by atoms with Crippen molar-refractivity contribution in [1.82, 2.24) is 0 Å². The summed E-state index contributed by atoms with van der Waals surface area (Å²) in [6.07, 6.45) is -2.25. The number of phenolic OH excluding ortho intramolecular Hbond substituents is 2. The van der Waals surface area contributed by atoms with E-state index >= 15 is 0 Å². The van der Waals surface area contributed by atoms with Crippen molar-refractivity contribution in [3.05, 3.63) is 23.8 Å². The molecular formula is C10H13NO5. The van der Waals surface area contributed by atoms with E-state index < -0.39 is 29.6 Å². The van der Waals surface area contributed by atoms with Crippen molar-refractivity contribution in [1.29, 1.82) is 1.43 Å². The van der Waals surface area contributed by atoms with Crippen LogP contribution in [0.25, 0.3) is 0 Å². The van der Waals surface area contributed by atoms with Gasteiger partial charge in [-0.3, -0.25) is 4.79 Å². The Hall–Kier alpha value is -1.79. The van der Waals surface area contributed by atoms with E-state index in [0.717, 1.165) is 19.2 Å². The maximum absolute atomic E-state index is 11.3. The Morgan fingerprint density at radius 3 is 2.75 bits per heavy atom. The molecule has 6 heteroatoms. The minimum absolute atomic E-state index is 0.0642. The number of carbonyl (C=O) groups is 1. The van der Waals surface area contributed by atoms with Crippen molar-refractivity contribution in [3.8, 4) is 11.5 Å². The van der Waals surface area contributed by atoms with Crippen LogP contribution in [0.5, 0.6) is 11.5 Å². The summed E-state index contributed by atoms with van der Waals surface area (Å²) in [6, 6.07) is 1.71. The molecule has 0 spiro atoms. The van der Waals surface area contributed by atoms with Gasteiger partial charge in [-0.05, 0) is 17.7 Å². The van der Waals surface area contributed by atoms with Crippen LogP contribution in [-0.4, -0.2) is 35.9 Å². The highest BCUT2D eigenvalue weighted by Crippen LogP contribution is 2.28. The number of rotatable bonds is 4. The van der Waals surface area contributed by atoms with E-state index in [2.05, 4.69) is 9.85 Å². The molecule has 0 heterocycles. The normalized spacial score (nSPS) is 17.9. The van der Waals surface area contributed by atoms with E-state index in [1.807, 2.05) is 0 Å². The van der Waals surface area contributed by atoms with Crippen LogP contribution in [-0.2, 0) is 9.53 Å². The van der Waals surface area contributed by atoms with Crippen molar-refractivity contribution >= 4 is 5.97 Å². The molecule has 0 saturated heterocycles. The fourth-order valence-electron chi connectivity index (χ4n) is 1.09. The van der Waals surface area contributed by atoms with Crippen LogP contribution in [0, 0.1) is 0 Å². The third kappa shape index (κ3) is 2.41. The first-order chi connectivity index (χ1) is 8.36. The molecule has 88 valence electrons. The Morgan fingerprint density at radius 1 is 1.56 bits per heavy atom. The van der Waals surface area contributed by atoms with Gasteiger partial charge < -0.3 is 25.8 Å². The fourth-order valence-corrected chi connectivity index (χ4v) is 1.09. The number of hydrogen-bond acceptors (Lipinski definition) is 6. The molecule has 16 heavy (non-hydrogen) atoms. The van der Waals surface area contributed by atoms with Gasteiger partial charge >= 0.3 is 5.97 Å². The van der Waals surface area contributed by atoms with Crippen molar-refractivity contribution < 1.29 is 26.2 Å². The Kier molecular flexibility index (Phi) is 2.84. The van der Waals surface area contributed by atoms with Gasteiger partial charge in [0.1, 0.15) is 12.1 Å². The molecular weight excluding hydrogens is 214 g/mol. The molecule has 0 fully saturated rings. The first-order valence-electron chi connectivity index (χ1n) is 5.27. The number of aromatic hydroxyl groups is 2. The van der Waals surface area contributed by atoms with Gasteiger partial charge in [0.2, 0.25) is 1.43 Å². The molecule has 5 N–H and O–H groups in total. The van der Waals surface area contributed by atoms with Gasteiger partial charge in [-0.2, -0.15) is 0 Å². The van der Waals surface area contributed by atoms with E-state index in [9.17, 15) is 9.90 Å². The smallest absolute Gasteiger partial charge is 0.325 e. The average Bonchev–Trinajstić information content (AvgIpc) is 2.39. The number of phenols is 2. The lowest BCUT2D eigenvalue weighted by Crippen LogP contribution is -2.37. The number of nitrogens with two attached hydrogens (primary N) is 1. The van der Waals surface area contributed by atoms with Gasteiger partial charge in [0, 0.05) is 0 Å². The lowest BCUT2D eigenvalue weighted by molar-refractivity contribution is -0.145. The molecule has 0 aromatic heterocycles. The highest BCUT2D eigenvalue weighted by Gasteiger charge is 2.25. The number of carbonyl (C=O) groups excluding carboxylic acids is 1. The summed E-state index contributed by atoms with van der Waals surface area (Å²) >= 11 is 0. The zero-order chi connectivity index (χ0) is 13.9. The molecule has 0 unspecified atom stereocenters. The highest BCUT2D eigenvalue weighted by molar-refractivity contribution is 5.76. The molecule has 0 aliphatic carbocycles. The van der Waals surface area contributed by atoms with Crippen molar-refractivity contribution in [2.24, 2.45) is 5.73 Å². The molecule has 0 saturated carbocycles. The molecule has 2 atom stereocenters. The number of ether oxygens (including phenoxy) is 1. The summed E-state index contributed by atoms with van der Waals surface area (Å²) in [7, 11) is 1.08. The Morgan fingerprint density at radius 2 is 2.25 bits per heavy atom. The van der Waals surface area contributed by atoms with Gasteiger partial charge in [-0.15, -0.1) is 0 Å². The topological polar surface area (TPSA) is 113 Å². The second kappa shape index (κ2) is 4.82. The predicted molar refractivity (Wildman–Crippen MR) is 54.7 cm³/mol. The zero-order valence-electron chi connectivity index (χ0n) is 10.5. The monoisotopic (exact) mass is 229 g/mol. The van der Waals surface area contributed by atoms with Crippen LogP contribution < -0.4 is 5.73 Å². The molecule has 1 rings (SSSR count). The third-order valence-corrected chi connectivity index (χ3v) is 2.00. The Labute approximate surface area is 94.8 Å². The van der Waals surface area contributed by atoms with Crippen molar-refractivity contribution in [3.63, 3.8) is 0 Å². The number of methoxy groups -OCH3 is 1. The van der Waals surface area contributed by atoms with Crippen LogP contribution in [0.2, 0.25) is 0 Å². The summed E-state index contributed by atoms with van der Waals surface area (Å²) in [5.74, 6) is -1.86. The Bertz CT molecular complexity index is 456. The van der Waals surface area contributed by atoms with E-state index in [1.165, 1.54) is 6.07 Å². The maximum atomic E-state index is 11.3. The number of aliphatic hydroxyl groups is 1. The van der Waals surface area contributed by atoms with Gasteiger partial charge in [-0.25, -0.2) is 0 Å². The van der Waals surface area contributed by atoms with Crippen molar-refractivity contribution in [2.45, 2.75) is 12.1 Å². The number of hydrogen-bond donors (Lipinski definition) is 4. The van der Waals surface area contributed by atoms with Crippen LogP contribution in [0.4, 0.5) is 0 Å². The zero-order valence-corrected chi connectivity index (χ0v) is 8.51. The van der Waals surface area contributed by atoms with E-state index in [1.54, 1.807) is 0 Å². The summed E-state index contributed by atoms with van der Waals surface area (Å²) in [6.45, 7) is 0. The average molecular weight is 229 g/mol. The van der Waals surface area contributed by atoms with Gasteiger partial charge in [0.05, 0.1) is 8.48 Å². The first-order valence-corrected chi connectivity index (χ1v) is 4.37. The van der Waals surface area contributed by atoms with Crippen LogP contribution >= 0.6 is 0 Å². The summed E-state index contributed by atoms with van der Waals surface area (Å²) in [5, 5.41) is 22.7. The lowest BCUT2D eigenvalue weighted by Gasteiger charge is -2.17. The first kappa shape index (κ1) is 9.44. The molecule has 0 amide bonds. The van der Waals surface area contributed by atoms with Crippen LogP contribution in [0.1, 0.15) is 13.0 Å². The fraction of sp³-hybridized carbons (Fsp3) is 0.300. The molecule has 1 aromatic carbocycles. The van der Waals surface area contributed by atoms with E-state index in [-0.39, 0.29) is 5.56 Å². The SMILES string of the molecule is [2H]O[C@@]([2H])(c1ccc(O)c(O)c1)[C@H](N)C(=O)OC. The Balaban J connectivity index is 3.21. The maximum Gasteiger partial charge on any atom is 0.325 e. The molecule has 0 aliphatic rings. The number of esters is 1. The molecule has 0 bridgehead atoms. The predicted octanol–water partition coefficient (Wildman–Crippen LogP) is -0.369. The number of benzene rings is 1. The summed E-state index contributed by atoms with van der Waals surface area (Å²) in [5.41, 5.74) is 5.42. The van der Waals surface area contributed by atoms with Gasteiger partial charge in [0.15, 0.2) is 11.5 Å². The second-order valence-corrected chi connectivity index (χ2v) is 3.07. The molecule has 6 nitrogen and oxygen atoms in total. The standard InChI is InChI=1S/C10H13NO5/c1-16-10(15)8(11)9(14)5-2-3-6(12)7(13)4-5/h2-4,8-9,12-14H,11H2,1H3/t8-,9-/m0/s1/i9D,14D. The third-order valence-electron chi connectivity index (χ3n) is 2.00. The molecule has 1 aromatic rings. The lowest BCUT2D eigenvalue weighted by atomic mass is 10.0. The summed E-state index contributed by atoms with van der Waals surface area (Å²) in [4.78, 5) is 11.3. The van der Waals surface area contributed by atoms with Gasteiger partial charge in [0.25, 0.3) is 0 Å². The quantitative estimate of drug-likeness (QED) is 0.414. The molecule has 0 radical (unpaired) electrons. The highest BCUT2D eigenvalue weighted by atomic mass is 16.5. The largest absolute Gasteiger partial charge is 0.504 e. The second-order valence-electron chi connectivity index (χ2n) is 3.07. The minimum atomic E-state index is -2.25.